The number of aromatic nitrogens is 2. The molecule has 1 amide bonds. The van der Waals surface area contributed by atoms with Crippen LogP contribution in [-0.2, 0) is 0 Å². The molecule has 2 aromatic heterocycles. The maximum absolute atomic E-state index is 12.8. The van der Waals surface area contributed by atoms with Gasteiger partial charge in [0.15, 0.2) is 0 Å². The van der Waals surface area contributed by atoms with Crippen LogP contribution in [0.3, 0.4) is 0 Å². The smallest absolute Gasteiger partial charge is 0.251 e. The lowest BCUT2D eigenvalue weighted by atomic mass is 9.75. The lowest BCUT2D eigenvalue weighted by Gasteiger charge is -2.38. The minimum atomic E-state index is -0.298. The predicted molar refractivity (Wildman–Crippen MR) is 98.0 cm³/mol. The van der Waals surface area contributed by atoms with E-state index in [1.165, 1.54) is 0 Å². The molecule has 1 aliphatic rings. The van der Waals surface area contributed by atoms with Gasteiger partial charge in [-0.3, -0.25) is 9.78 Å². The van der Waals surface area contributed by atoms with Crippen LogP contribution in [-0.4, -0.2) is 34.2 Å². The van der Waals surface area contributed by atoms with Crippen LogP contribution in [0.2, 0.25) is 0 Å². The van der Waals surface area contributed by atoms with E-state index in [1.807, 2.05) is 36.5 Å². The molecule has 1 saturated carbocycles. The Balaban J connectivity index is 1.60. The van der Waals surface area contributed by atoms with Crippen LogP contribution in [0.5, 0.6) is 5.75 Å². The van der Waals surface area contributed by atoms with Gasteiger partial charge in [0.2, 0.25) is 0 Å². The van der Waals surface area contributed by atoms with Gasteiger partial charge in [-0.25, -0.2) is 0 Å². The zero-order valence-corrected chi connectivity index (χ0v) is 14.5. The van der Waals surface area contributed by atoms with E-state index in [1.54, 1.807) is 19.5 Å². The summed E-state index contributed by atoms with van der Waals surface area (Å²) in [5.41, 5.74) is 2.41. The number of aliphatic hydroxyl groups is 1. The third-order valence-electron chi connectivity index (χ3n) is 5.05. The number of nitrogens with one attached hydrogen (secondary N) is 2. The van der Waals surface area contributed by atoms with Gasteiger partial charge in [0, 0.05) is 23.5 Å². The SMILES string of the molecule is COc1cncc([C@@H](NC(=O)c2ccc3cc[nH]c3c2)C2CC(O)C2)c1. The molecule has 0 radical (unpaired) electrons. The van der Waals surface area contributed by atoms with Gasteiger partial charge < -0.3 is 20.1 Å². The number of pyridine rings is 1. The van der Waals surface area contributed by atoms with Gasteiger partial charge in [-0.1, -0.05) is 6.07 Å². The largest absolute Gasteiger partial charge is 0.495 e. The quantitative estimate of drug-likeness (QED) is 0.660. The zero-order valence-electron chi connectivity index (χ0n) is 14.5. The third-order valence-corrected chi connectivity index (χ3v) is 5.05. The van der Waals surface area contributed by atoms with Crippen molar-refractivity contribution in [3.05, 3.63) is 60.0 Å². The molecular formula is C20H21N3O3. The lowest BCUT2D eigenvalue weighted by Crippen LogP contribution is -2.41. The number of rotatable bonds is 5. The molecule has 1 atom stereocenters. The van der Waals surface area contributed by atoms with Crippen molar-refractivity contribution in [1.29, 1.82) is 0 Å². The van der Waals surface area contributed by atoms with Gasteiger partial charge in [0.05, 0.1) is 25.5 Å². The third kappa shape index (κ3) is 3.15. The fourth-order valence-corrected chi connectivity index (χ4v) is 3.51. The summed E-state index contributed by atoms with van der Waals surface area (Å²) in [5, 5.41) is 13.9. The summed E-state index contributed by atoms with van der Waals surface area (Å²) in [6.45, 7) is 0. The molecule has 134 valence electrons. The number of aliphatic hydroxyl groups excluding tert-OH is 1. The second kappa shape index (κ2) is 6.80. The van der Waals surface area contributed by atoms with Crippen LogP contribution in [0.15, 0.2) is 48.9 Å². The molecule has 3 N–H and O–H groups in total. The molecule has 0 bridgehead atoms. The minimum absolute atomic E-state index is 0.143. The van der Waals surface area contributed by atoms with Crippen molar-refractivity contribution in [3.63, 3.8) is 0 Å². The summed E-state index contributed by atoms with van der Waals surface area (Å²) in [5.74, 6) is 0.683. The maximum Gasteiger partial charge on any atom is 0.251 e. The van der Waals surface area contributed by atoms with Crippen molar-refractivity contribution in [2.24, 2.45) is 5.92 Å². The van der Waals surface area contributed by atoms with Crippen LogP contribution in [0.1, 0.15) is 34.8 Å². The van der Waals surface area contributed by atoms with Crippen molar-refractivity contribution in [2.75, 3.05) is 7.11 Å². The van der Waals surface area contributed by atoms with Crippen molar-refractivity contribution < 1.29 is 14.6 Å². The van der Waals surface area contributed by atoms with Gasteiger partial charge in [0.1, 0.15) is 5.75 Å². The standard InChI is InChI=1S/C20H21N3O3/c1-26-17-8-15(10-21-11-17)19(14-6-16(24)7-14)23-20(25)13-3-2-12-4-5-22-18(12)9-13/h2-5,8-11,14,16,19,22,24H,6-7H2,1H3,(H,23,25)/t14?,16?,19-/m0/s1. The molecule has 0 aliphatic heterocycles. The molecule has 1 fully saturated rings. The fourth-order valence-electron chi connectivity index (χ4n) is 3.51. The number of nitrogens with zero attached hydrogens (tertiary/aromatic N) is 1. The normalized spacial score (nSPS) is 20.4. The second-order valence-electron chi connectivity index (χ2n) is 6.77. The first kappa shape index (κ1) is 16.6. The van der Waals surface area contributed by atoms with Crippen molar-refractivity contribution >= 4 is 16.8 Å². The molecule has 2 heterocycles. The number of carbonyl (C=O) groups is 1. The summed E-state index contributed by atoms with van der Waals surface area (Å²) >= 11 is 0. The Kier molecular flexibility index (Phi) is 4.34. The topological polar surface area (TPSA) is 87.2 Å². The maximum atomic E-state index is 12.8. The zero-order chi connectivity index (χ0) is 18.1. The van der Waals surface area contributed by atoms with E-state index < -0.39 is 0 Å². The highest BCUT2D eigenvalue weighted by Gasteiger charge is 2.36. The Morgan fingerprint density at radius 2 is 2.15 bits per heavy atom. The Hall–Kier alpha value is -2.86. The molecule has 0 unspecified atom stereocenters. The van der Waals surface area contributed by atoms with Crippen LogP contribution >= 0.6 is 0 Å². The Morgan fingerprint density at radius 3 is 2.92 bits per heavy atom. The van der Waals surface area contributed by atoms with Crippen molar-refractivity contribution in [3.8, 4) is 5.75 Å². The molecule has 6 nitrogen and oxygen atoms in total. The average molecular weight is 351 g/mol. The average Bonchev–Trinajstić information content (AvgIpc) is 3.11. The Labute approximate surface area is 151 Å². The number of aromatic amines is 1. The first-order chi connectivity index (χ1) is 12.6. The van der Waals surface area contributed by atoms with Crippen molar-refractivity contribution in [1.82, 2.24) is 15.3 Å². The number of H-pyrrole nitrogens is 1. The second-order valence-corrected chi connectivity index (χ2v) is 6.77. The molecule has 1 aliphatic carbocycles. The van der Waals surface area contributed by atoms with Gasteiger partial charge in [-0.2, -0.15) is 0 Å². The highest BCUT2D eigenvalue weighted by molar-refractivity contribution is 5.98. The predicted octanol–water partition coefficient (Wildman–Crippen LogP) is 2.81. The fraction of sp³-hybridized carbons (Fsp3) is 0.300. The van der Waals surface area contributed by atoms with Gasteiger partial charge in [-0.05, 0) is 54.0 Å². The summed E-state index contributed by atoms with van der Waals surface area (Å²) in [6, 6.07) is 9.24. The number of fused-ring (bicyclic) bond motifs is 1. The molecule has 6 heteroatoms. The van der Waals surface area contributed by atoms with E-state index in [9.17, 15) is 9.90 Å². The van der Waals surface area contributed by atoms with E-state index in [2.05, 4.69) is 15.3 Å². The van der Waals surface area contributed by atoms with Crippen LogP contribution in [0.25, 0.3) is 10.9 Å². The molecule has 3 aromatic rings. The highest BCUT2D eigenvalue weighted by Crippen LogP contribution is 2.38. The minimum Gasteiger partial charge on any atom is -0.495 e. The van der Waals surface area contributed by atoms with Gasteiger partial charge in [0.25, 0.3) is 5.91 Å². The number of hydrogen-bond acceptors (Lipinski definition) is 4. The number of amides is 1. The first-order valence-corrected chi connectivity index (χ1v) is 8.69. The number of carbonyl (C=O) groups excluding carboxylic acids is 1. The van der Waals surface area contributed by atoms with Crippen LogP contribution in [0, 0.1) is 5.92 Å². The van der Waals surface area contributed by atoms with Crippen molar-refractivity contribution in [2.45, 2.75) is 25.0 Å². The molecule has 0 spiro atoms. The van der Waals surface area contributed by atoms with E-state index in [-0.39, 0.29) is 24.0 Å². The summed E-state index contributed by atoms with van der Waals surface area (Å²) in [6.07, 6.45) is 6.26. The van der Waals surface area contributed by atoms with E-state index in [4.69, 9.17) is 4.74 Å². The van der Waals surface area contributed by atoms with E-state index in [0.29, 0.717) is 24.2 Å². The Bertz CT molecular complexity index is 931. The number of methoxy groups -OCH3 is 1. The summed E-state index contributed by atoms with van der Waals surface area (Å²) in [7, 11) is 1.59. The van der Waals surface area contributed by atoms with Crippen LogP contribution < -0.4 is 10.1 Å². The van der Waals surface area contributed by atoms with E-state index in [0.717, 1.165) is 16.5 Å². The molecule has 4 rings (SSSR count). The first-order valence-electron chi connectivity index (χ1n) is 8.69. The molecule has 26 heavy (non-hydrogen) atoms. The van der Waals surface area contributed by atoms with Crippen LogP contribution in [0.4, 0.5) is 0 Å². The van der Waals surface area contributed by atoms with E-state index >= 15 is 0 Å². The summed E-state index contributed by atoms with van der Waals surface area (Å²) in [4.78, 5) is 20.2. The van der Waals surface area contributed by atoms with Gasteiger partial charge >= 0.3 is 0 Å². The Morgan fingerprint density at radius 1 is 1.31 bits per heavy atom. The number of benzene rings is 1. The summed E-state index contributed by atoms with van der Waals surface area (Å²) < 4.78 is 5.26. The molecule has 0 saturated heterocycles. The van der Waals surface area contributed by atoms with Gasteiger partial charge in [-0.15, -0.1) is 0 Å². The monoisotopic (exact) mass is 351 g/mol. The molecular weight excluding hydrogens is 330 g/mol. The lowest BCUT2D eigenvalue weighted by molar-refractivity contribution is 0.0234. The highest BCUT2D eigenvalue weighted by atomic mass is 16.5. The molecule has 1 aromatic carbocycles. The number of ether oxygens (including phenoxy) is 1. The number of hydrogen-bond donors (Lipinski definition) is 3.